The van der Waals surface area contributed by atoms with Gasteiger partial charge < -0.3 is 49.8 Å². The summed E-state index contributed by atoms with van der Waals surface area (Å²) in [5, 5.41) is 37.6. The number of aromatic amines is 1. The third kappa shape index (κ3) is 13.7. The zero-order valence-corrected chi connectivity index (χ0v) is 50.7. The summed E-state index contributed by atoms with van der Waals surface area (Å²) in [6, 6.07) is 17.7. The Balaban J connectivity index is 0.000000259. The molecule has 0 radical (unpaired) electrons. The number of fused-ring (bicyclic) bond motifs is 2. The van der Waals surface area contributed by atoms with Gasteiger partial charge in [-0.3, -0.25) is 24.2 Å². The van der Waals surface area contributed by atoms with Crippen molar-refractivity contribution in [2.45, 2.75) is 104 Å². The summed E-state index contributed by atoms with van der Waals surface area (Å²) >= 11 is 1.60. The second-order valence-corrected chi connectivity index (χ2v) is 23.8. The van der Waals surface area contributed by atoms with Crippen LogP contribution in [0.15, 0.2) is 72.5 Å². The summed E-state index contributed by atoms with van der Waals surface area (Å²) in [6.45, 7) is 16.1. The predicted octanol–water partition coefficient (Wildman–Crippen LogP) is 9.43. The monoisotopic (exact) mass is 1190 g/mol. The van der Waals surface area contributed by atoms with Crippen LogP contribution in [0.3, 0.4) is 0 Å². The molecular weight excluding hydrogens is 1120 g/mol. The van der Waals surface area contributed by atoms with Crippen molar-refractivity contribution in [1.29, 1.82) is 0 Å². The van der Waals surface area contributed by atoms with E-state index >= 15 is 4.39 Å². The van der Waals surface area contributed by atoms with Crippen LogP contribution in [0.4, 0.5) is 15.9 Å². The lowest BCUT2D eigenvalue weighted by atomic mass is 9.88. The number of aliphatic hydroxyl groups excluding tert-OH is 2. The van der Waals surface area contributed by atoms with Crippen LogP contribution >= 0.6 is 11.3 Å². The van der Waals surface area contributed by atoms with Crippen LogP contribution in [0.2, 0.25) is 0 Å². The minimum absolute atomic E-state index is 0.0824. The number of aryl methyl sites for hydroxylation is 1. The minimum Gasteiger partial charge on any atom is -0.486 e. The van der Waals surface area contributed by atoms with E-state index < -0.39 is 0 Å². The van der Waals surface area contributed by atoms with Crippen LogP contribution in [0.5, 0.6) is 11.8 Å². The number of carbonyl (C=O) groups excluding carboxylic acids is 3. The van der Waals surface area contributed by atoms with Crippen LogP contribution < -0.4 is 25.0 Å². The van der Waals surface area contributed by atoms with E-state index in [1.165, 1.54) is 6.07 Å². The van der Waals surface area contributed by atoms with Gasteiger partial charge in [-0.25, -0.2) is 9.37 Å². The van der Waals surface area contributed by atoms with Crippen molar-refractivity contribution < 1.29 is 43.2 Å². The number of likely N-dealkylation sites (N-methyl/N-ethyl adjacent to an activating group) is 1. The number of nitrogens with one attached hydrogen (secondary N) is 3. The molecule has 0 spiro atoms. The van der Waals surface area contributed by atoms with E-state index in [-0.39, 0.29) is 49.2 Å². The third-order valence-electron chi connectivity index (χ3n) is 16.8. The molecule has 22 heteroatoms. The van der Waals surface area contributed by atoms with E-state index in [2.05, 4.69) is 74.6 Å². The minimum atomic E-state index is -0.348. The van der Waals surface area contributed by atoms with E-state index in [9.17, 15) is 19.5 Å². The molecule has 86 heavy (non-hydrogen) atoms. The van der Waals surface area contributed by atoms with Gasteiger partial charge in [0.05, 0.1) is 65.8 Å². The van der Waals surface area contributed by atoms with E-state index in [0.29, 0.717) is 72.7 Å². The van der Waals surface area contributed by atoms with Crippen LogP contribution in [0.25, 0.3) is 54.5 Å². The molecule has 12 rings (SSSR count). The number of ether oxygens (including phenoxy) is 3. The summed E-state index contributed by atoms with van der Waals surface area (Å²) < 4.78 is 37.3. The number of anilines is 2. The fourth-order valence-electron chi connectivity index (χ4n) is 11.2. The number of nitrogens with zero attached hydrogens (tertiary/aromatic N) is 9. The maximum Gasteiger partial charge on any atom is 0.319 e. The van der Waals surface area contributed by atoms with Crippen molar-refractivity contribution in [3.8, 4) is 44.5 Å². The first-order chi connectivity index (χ1) is 41.7. The maximum absolute atomic E-state index is 16.0. The molecule has 7 heterocycles. The molecule has 5 N–H and O–H groups in total. The zero-order valence-electron chi connectivity index (χ0n) is 49.9. The molecule has 3 atom stereocenters. The highest BCUT2D eigenvalue weighted by Crippen LogP contribution is 2.53. The van der Waals surface area contributed by atoms with Gasteiger partial charge in [0.25, 0.3) is 0 Å². The normalized spacial score (nSPS) is 17.2. The van der Waals surface area contributed by atoms with Crippen LogP contribution in [0.1, 0.15) is 109 Å². The summed E-state index contributed by atoms with van der Waals surface area (Å²) in [5.74, 6) is 1.65. The Labute approximate surface area is 504 Å². The average molecular weight is 1190 g/mol. The summed E-state index contributed by atoms with van der Waals surface area (Å²) in [4.78, 5) is 54.6. The number of rotatable bonds is 19. The predicted molar refractivity (Wildman–Crippen MR) is 332 cm³/mol. The average Bonchev–Trinajstić information content (AvgIpc) is 1.40. The van der Waals surface area contributed by atoms with Crippen molar-refractivity contribution >= 4 is 63.8 Å². The standard InChI is InChI=1S/C46H54FN9O4.C13H14N2O2S.C5H9NO2/c1-26(2)28(4)56-23-36(40(24-57)53-56)32-10-7-29(19-38(32)48-5)25-59-44-42(41-27(3)37(47)21-39-35(41)22-49-52-39)33(30-8-9-30)20-34-43(44)50-46(60-31-11-17-58-18-12-31)51-45(34)55-15-13-54(6)14-16-55;1-9-13(18-8-15-9)11-4-2-10(3-5-11)12(6-16)14-7-17;7-4-6-2-1-5(8)3-6/h7,10,19-24,26,28,30-31,48H,8-9,11-18,25H2,1-6H3,(H,49,52);2-5,7-8,12,16H,6H2,1H3,(H,14,17);4-5,8H,1-3H2. The van der Waals surface area contributed by atoms with Gasteiger partial charge in [0.15, 0.2) is 12.0 Å². The Morgan fingerprint density at radius 1 is 0.919 bits per heavy atom. The van der Waals surface area contributed by atoms with E-state index in [1.807, 2.05) is 79.7 Å². The molecule has 4 aromatic heterocycles. The molecule has 8 aromatic rings. The van der Waals surface area contributed by atoms with E-state index in [4.69, 9.17) is 29.3 Å². The maximum atomic E-state index is 16.0. The quantitative estimate of drug-likeness (QED) is 0.0474. The number of halogens is 1. The SMILES string of the molecule is CNc1cc(COc2c(-c3c(C)c(F)cc4[nH]ncc34)c(C3CC3)cc3c(N4CCN(C)CC4)nc(OC4CCOCC4)nc23)ccc1-c1cn(C(C)C(C)C)nc1C=O.Cc1ncsc1-c1ccc(C(CO)NC=O)cc1.O=CN1CCC(O)C1. The number of β-amino-alcohol motifs (C(OH)–C–C–N with tert-alkyl or cyclic N) is 1. The molecule has 20 nitrogen and oxygen atoms in total. The summed E-state index contributed by atoms with van der Waals surface area (Å²) in [6.07, 6.45) is 9.81. The first-order valence-electron chi connectivity index (χ1n) is 29.6. The number of aromatic nitrogens is 7. The Bertz CT molecular complexity index is 3650. The molecule has 454 valence electrons. The Morgan fingerprint density at radius 2 is 1.69 bits per heavy atom. The Morgan fingerprint density at radius 3 is 2.31 bits per heavy atom. The Hall–Kier alpha value is -7.89. The number of benzene rings is 4. The molecule has 4 aliphatic rings. The van der Waals surface area contributed by atoms with Gasteiger partial charge in [-0.2, -0.15) is 20.2 Å². The van der Waals surface area contributed by atoms with Gasteiger partial charge in [-0.1, -0.05) is 50.2 Å². The van der Waals surface area contributed by atoms with Gasteiger partial charge in [0.1, 0.15) is 35.6 Å². The molecule has 2 amide bonds. The largest absolute Gasteiger partial charge is 0.486 e. The van der Waals surface area contributed by atoms with Gasteiger partial charge in [-0.15, -0.1) is 11.3 Å². The smallest absolute Gasteiger partial charge is 0.319 e. The fraction of sp³-hybridized carbons (Fsp3) is 0.438. The number of carbonyl (C=O) groups is 3. The summed E-state index contributed by atoms with van der Waals surface area (Å²) in [5.41, 5.74) is 13.0. The van der Waals surface area contributed by atoms with Crippen LogP contribution in [-0.2, 0) is 20.9 Å². The molecule has 1 aliphatic carbocycles. The van der Waals surface area contributed by atoms with Gasteiger partial charge >= 0.3 is 6.01 Å². The van der Waals surface area contributed by atoms with Crippen molar-refractivity contribution in [2.75, 3.05) is 83.4 Å². The number of aldehydes is 1. The van der Waals surface area contributed by atoms with Crippen molar-refractivity contribution in [3.63, 3.8) is 0 Å². The fourth-order valence-corrected chi connectivity index (χ4v) is 12.0. The second-order valence-electron chi connectivity index (χ2n) is 23.0. The number of H-pyrrole nitrogens is 1. The molecule has 4 fully saturated rings. The number of hydrogen-bond acceptors (Lipinski definition) is 17. The molecule has 3 aliphatic heterocycles. The van der Waals surface area contributed by atoms with Gasteiger partial charge in [0.2, 0.25) is 12.8 Å². The topological polar surface area (TPSA) is 238 Å². The number of piperazine rings is 1. The first kappa shape index (κ1) is 61.2. The lowest BCUT2D eigenvalue weighted by molar-refractivity contribution is -0.117. The lowest BCUT2D eigenvalue weighted by Gasteiger charge is -2.34. The van der Waals surface area contributed by atoms with Crippen molar-refractivity contribution in [3.05, 3.63) is 112 Å². The number of thiazole rings is 1. The zero-order chi connectivity index (χ0) is 60.6. The highest BCUT2D eigenvalue weighted by molar-refractivity contribution is 7.13. The van der Waals surface area contributed by atoms with Crippen LogP contribution in [0, 0.1) is 25.6 Å². The molecule has 4 aromatic carbocycles. The third-order valence-corrected chi connectivity index (χ3v) is 17.8. The highest BCUT2D eigenvalue weighted by Gasteiger charge is 2.35. The molecule has 3 unspecified atom stereocenters. The lowest BCUT2D eigenvalue weighted by Crippen LogP contribution is -2.45. The molecule has 3 saturated heterocycles. The van der Waals surface area contributed by atoms with E-state index in [1.54, 1.807) is 22.4 Å². The number of hydrogen-bond donors (Lipinski definition) is 5. The number of amides is 2. The molecule has 1 saturated carbocycles. The number of likely N-dealkylation sites (tertiary alicyclic amines) is 1. The van der Waals surface area contributed by atoms with E-state index in [0.717, 1.165) is 148 Å². The first-order valence-corrected chi connectivity index (χ1v) is 30.4. The second kappa shape index (κ2) is 27.6. The van der Waals surface area contributed by atoms with Gasteiger partial charge in [0, 0.05) is 104 Å². The van der Waals surface area contributed by atoms with Crippen molar-refractivity contribution in [2.24, 2.45) is 5.92 Å². The van der Waals surface area contributed by atoms with Gasteiger partial charge in [-0.05, 0) is 105 Å². The Kier molecular flexibility index (Phi) is 19.7. The van der Waals surface area contributed by atoms with Crippen molar-refractivity contribution in [1.82, 2.24) is 50.0 Å². The highest BCUT2D eigenvalue weighted by atomic mass is 32.1. The summed E-state index contributed by atoms with van der Waals surface area (Å²) in [7, 11) is 4.01. The molecular formula is C64H77FN12O8S. The molecule has 0 bridgehead atoms. The number of aliphatic hydroxyl groups is 2. The van der Waals surface area contributed by atoms with Crippen LogP contribution in [-0.4, -0.2) is 159 Å².